The first-order chi connectivity index (χ1) is 17.2. The smallest absolute Gasteiger partial charge is 0.119 e. The van der Waals surface area contributed by atoms with E-state index in [0.29, 0.717) is 6.04 Å². The van der Waals surface area contributed by atoms with Gasteiger partial charge in [-0.05, 0) is 91.4 Å². The minimum Gasteiger partial charge on any atom is -0.492 e. The molecule has 35 heavy (non-hydrogen) atoms. The van der Waals surface area contributed by atoms with Crippen molar-refractivity contribution in [2.24, 2.45) is 0 Å². The van der Waals surface area contributed by atoms with Crippen molar-refractivity contribution >= 4 is 27.1 Å². The molecule has 1 N–H and O–H groups in total. The standard InChI is InChI=1S/C29H32BrNO2.C2H6/c1-31-19-5-9-26(31)21-33-27-17-13-24(14-18-27)29(23-11-15-25(30)16-12-23)28(10-6-20-32)22-7-3-2-4-8-22;1-2/h2-4,7-8,11-18,26,32H,5-6,9-10,19-21H2,1H3;1-2H3/b29-28-;/t26-;/m0./s1. The Hall–Kier alpha value is -2.40. The first-order valence-corrected chi connectivity index (χ1v) is 13.5. The van der Waals surface area contributed by atoms with Crippen LogP contribution < -0.4 is 4.74 Å². The number of likely N-dealkylation sites (tertiary alicyclic amines) is 1. The van der Waals surface area contributed by atoms with Crippen LogP contribution in [0.2, 0.25) is 0 Å². The van der Waals surface area contributed by atoms with Crippen LogP contribution >= 0.6 is 15.9 Å². The van der Waals surface area contributed by atoms with Crippen molar-refractivity contribution in [2.75, 3.05) is 26.8 Å². The molecule has 1 fully saturated rings. The molecule has 1 atom stereocenters. The molecule has 0 aliphatic carbocycles. The van der Waals surface area contributed by atoms with Gasteiger partial charge in [0, 0.05) is 17.1 Å². The molecular weight excluding hydrogens is 498 g/mol. The summed E-state index contributed by atoms with van der Waals surface area (Å²) < 4.78 is 7.19. The highest BCUT2D eigenvalue weighted by atomic mass is 79.9. The van der Waals surface area contributed by atoms with Gasteiger partial charge in [-0.25, -0.2) is 0 Å². The minimum atomic E-state index is 0.173. The number of hydrogen-bond donors (Lipinski definition) is 1. The Morgan fingerprint density at radius 3 is 2.11 bits per heavy atom. The summed E-state index contributed by atoms with van der Waals surface area (Å²) in [7, 11) is 2.18. The van der Waals surface area contributed by atoms with Gasteiger partial charge in [0.15, 0.2) is 0 Å². The van der Waals surface area contributed by atoms with E-state index in [1.807, 2.05) is 19.9 Å². The predicted octanol–water partition coefficient (Wildman–Crippen LogP) is 7.68. The molecule has 0 spiro atoms. The Morgan fingerprint density at radius 2 is 1.54 bits per heavy atom. The van der Waals surface area contributed by atoms with Gasteiger partial charge in [0.2, 0.25) is 0 Å². The fraction of sp³-hybridized carbons (Fsp3) is 0.355. The number of likely N-dealkylation sites (N-methyl/N-ethyl adjacent to an activating group) is 1. The summed E-state index contributed by atoms with van der Waals surface area (Å²) in [6, 6.07) is 28.0. The molecule has 1 aliphatic rings. The van der Waals surface area contributed by atoms with Gasteiger partial charge in [-0.15, -0.1) is 0 Å². The van der Waals surface area contributed by atoms with Crippen molar-refractivity contribution in [3.05, 3.63) is 100 Å². The van der Waals surface area contributed by atoms with Crippen LogP contribution in [-0.4, -0.2) is 42.9 Å². The fourth-order valence-corrected chi connectivity index (χ4v) is 4.80. The van der Waals surface area contributed by atoms with Gasteiger partial charge in [0.25, 0.3) is 0 Å². The van der Waals surface area contributed by atoms with E-state index in [-0.39, 0.29) is 6.61 Å². The molecule has 1 aliphatic heterocycles. The number of allylic oxidation sites excluding steroid dienone is 1. The third kappa shape index (κ3) is 7.54. The van der Waals surface area contributed by atoms with E-state index in [0.717, 1.165) is 47.3 Å². The molecule has 1 saturated heterocycles. The highest BCUT2D eigenvalue weighted by molar-refractivity contribution is 9.10. The first kappa shape index (κ1) is 27.2. The Labute approximate surface area is 219 Å². The average Bonchev–Trinajstić information content (AvgIpc) is 3.33. The Morgan fingerprint density at radius 1 is 0.914 bits per heavy atom. The maximum atomic E-state index is 9.58. The second-order valence-corrected chi connectivity index (χ2v) is 9.58. The lowest BCUT2D eigenvalue weighted by Crippen LogP contribution is -2.30. The first-order valence-electron chi connectivity index (χ1n) is 12.7. The summed E-state index contributed by atoms with van der Waals surface area (Å²) in [4.78, 5) is 2.38. The predicted molar refractivity (Wildman–Crippen MR) is 152 cm³/mol. The van der Waals surface area contributed by atoms with Crippen LogP contribution in [0.1, 0.15) is 56.2 Å². The van der Waals surface area contributed by atoms with Gasteiger partial charge in [0.1, 0.15) is 12.4 Å². The SMILES string of the molecule is CC.CN1CCC[C@H]1COc1ccc(/C(=C(/CCCO)c2ccccc2)c2ccc(Br)cc2)cc1. The molecule has 3 aromatic rings. The molecule has 1 heterocycles. The fourth-order valence-electron chi connectivity index (χ4n) is 4.54. The maximum Gasteiger partial charge on any atom is 0.119 e. The third-order valence-corrected chi connectivity index (χ3v) is 6.93. The second kappa shape index (κ2) is 14.2. The summed E-state index contributed by atoms with van der Waals surface area (Å²) in [5.41, 5.74) is 5.95. The van der Waals surface area contributed by atoms with Crippen LogP contribution in [0.15, 0.2) is 83.3 Å². The molecule has 4 rings (SSSR count). The molecule has 4 heteroatoms. The molecule has 0 unspecified atom stereocenters. The number of nitrogens with zero attached hydrogens (tertiary/aromatic N) is 1. The van der Waals surface area contributed by atoms with E-state index >= 15 is 0 Å². The number of benzene rings is 3. The van der Waals surface area contributed by atoms with Crippen molar-refractivity contribution < 1.29 is 9.84 Å². The van der Waals surface area contributed by atoms with Crippen LogP contribution in [0, 0.1) is 0 Å². The zero-order chi connectivity index (χ0) is 25.0. The van der Waals surface area contributed by atoms with Gasteiger partial charge in [0.05, 0.1) is 0 Å². The van der Waals surface area contributed by atoms with Gasteiger partial charge in [-0.1, -0.05) is 84.4 Å². The van der Waals surface area contributed by atoms with Crippen molar-refractivity contribution in [1.82, 2.24) is 4.90 Å². The van der Waals surface area contributed by atoms with Gasteiger partial charge >= 0.3 is 0 Å². The Kier molecular flexibility index (Phi) is 11.1. The molecular formula is C31H38BrNO2. The molecule has 0 aromatic heterocycles. The molecule has 0 saturated carbocycles. The molecule has 3 nitrogen and oxygen atoms in total. The van der Waals surface area contributed by atoms with Crippen LogP contribution in [0.4, 0.5) is 0 Å². The third-order valence-electron chi connectivity index (χ3n) is 6.40. The molecule has 0 radical (unpaired) electrons. The number of ether oxygens (including phenoxy) is 1. The van der Waals surface area contributed by atoms with Crippen LogP contribution in [-0.2, 0) is 0 Å². The van der Waals surface area contributed by atoms with Crippen LogP contribution in [0.5, 0.6) is 5.75 Å². The topological polar surface area (TPSA) is 32.7 Å². The summed E-state index contributed by atoms with van der Waals surface area (Å²) in [6.45, 7) is 6.06. The number of hydrogen-bond acceptors (Lipinski definition) is 3. The maximum absolute atomic E-state index is 9.58. The van der Waals surface area contributed by atoms with E-state index in [4.69, 9.17) is 4.74 Å². The van der Waals surface area contributed by atoms with Crippen molar-refractivity contribution in [3.8, 4) is 5.75 Å². The molecule has 0 amide bonds. The van der Waals surface area contributed by atoms with Crippen LogP contribution in [0.25, 0.3) is 11.1 Å². The van der Waals surface area contributed by atoms with E-state index < -0.39 is 0 Å². The number of aliphatic hydroxyl groups excluding tert-OH is 1. The summed E-state index contributed by atoms with van der Waals surface area (Å²) in [5.74, 6) is 0.908. The zero-order valence-electron chi connectivity index (χ0n) is 21.2. The van der Waals surface area contributed by atoms with E-state index in [1.54, 1.807) is 0 Å². The lowest BCUT2D eigenvalue weighted by atomic mass is 9.87. The number of rotatable bonds is 9. The Balaban J connectivity index is 0.00000167. The van der Waals surface area contributed by atoms with Crippen molar-refractivity contribution in [3.63, 3.8) is 0 Å². The van der Waals surface area contributed by atoms with E-state index in [1.165, 1.54) is 29.6 Å². The largest absolute Gasteiger partial charge is 0.492 e. The normalized spacial score (nSPS) is 16.3. The molecule has 0 bridgehead atoms. The van der Waals surface area contributed by atoms with Gasteiger partial charge in [-0.3, -0.25) is 0 Å². The summed E-state index contributed by atoms with van der Waals surface area (Å²) in [5, 5.41) is 9.58. The number of aliphatic hydroxyl groups is 1. The minimum absolute atomic E-state index is 0.173. The zero-order valence-corrected chi connectivity index (χ0v) is 22.8. The Bertz CT molecular complexity index is 1050. The van der Waals surface area contributed by atoms with E-state index in [2.05, 4.69) is 101 Å². The van der Waals surface area contributed by atoms with Gasteiger partial charge < -0.3 is 14.7 Å². The average molecular weight is 537 g/mol. The molecule has 186 valence electrons. The molecule has 3 aromatic carbocycles. The highest BCUT2D eigenvalue weighted by Gasteiger charge is 2.21. The monoisotopic (exact) mass is 535 g/mol. The second-order valence-electron chi connectivity index (χ2n) is 8.67. The highest BCUT2D eigenvalue weighted by Crippen LogP contribution is 2.36. The van der Waals surface area contributed by atoms with Crippen LogP contribution in [0.3, 0.4) is 0 Å². The van der Waals surface area contributed by atoms with Crippen molar-refractivity contribution in [2.45, 2.75) is 45.6 Å². The van der Waals surface area contributed by atoms with E-state index in [9.17, 15) is 5.11 Å². The van der Waals surface area contributed by atoms with Gasteiger partial charge in [-0.2, -0.15) is 0 Å². The van der Waals surface area contributed by atoms with Crippen molar-refractivity contribution in [1.29, 1.82) is 0 Å². The summed E-state index contributed by atoms with van der Waals surface area (Å²) in [6.07, 6.45) is 3.98. The quantitative estimate of drug-likeness (QED) is 0.285. The summed E-state index contributed by atoms with van der Waals surface area (Å²) >= 11 is 3.56. The lowest BCUT2D eigenvalue weighted by molar-refractivity contribution is 0.198. The number of halogens is 1. The lowest BCUT2D eigenvalue weighted by Gasteiger charge is -2.20.